The molecule has 2 aliphatic heterocycles. The molecule has 5 rings (SSSR count). The molecular weight excluding hydrogens is 502 g/mol. The van der Waals surface area contributed by atoms with E-state index >= 15 is 0 Å². The summed E-state index contributed by atoms with van der Waals surface area (Å²) in [5.41, 5.74) is 2.20. The smallest absolute Gasteiger partial charge is 0.337 e. The molecule has 3 heterocycles. The number of unbranched alkanes of at least 4 members (excludes halogenated alkanes) is 1. The van der Waals surface area contributed by atoms with E-state index in [0.29, 0.717) is 11.4 Å². The van der Waals surface area contributed by atoms with Crippen LogP contribution in [-0.2, 0) is 18.8 Å². The second-order valence-corrected chi connectivity index (χ2v) is 10.8. The van der Waals surface area contributed by atoms with E-state index in [-0.39, 0.29) is 17.2 Å². The molecule has 0 unspecified atom stereocenters. The van der Waals surface area contributed by atoms with Gasteiger partial charge < -0.3 is 14.5 Å². The summed E-state index contributed by atoms with van der Waals surface area (Å²) in [6, 6.07) is 15.7. The average molecular weight is 536 g/mol. The maximum atomic E-state index is 12.3. The van der Waals surface area contributed by atoms with Gasteiger partial charge in [-0.15, -0.1) is 0 Å². The Labute approximate surface area is 226 Å². The van der Waals surface area contributed by atoms with Crippen molar-refractivity contribution in [2.75, 3.05) is 56.2 Å². The van der Waals surface area contributed by atoms with Crippen LogP contribution in [0.15, 0.2) is 67.9 Å². The molecular formula is C28H33N5O4S. The molecule has 1 aromatic heterocycles. The normalized spacial score (nSPS) is 15.2. The number of nitrogens with zero attached hydrogens (tertiary/aromatic N) is 5. The van der Waals surface area contributed by atoms with Crippen molar-refractivity contribution in [3.63, 3.8) is 0 Å². The van der Waals surface area contributed by atoms with Gasteiger partial charge in [0, 0.05) is 62.7 Å². The lowest BCUT2D eigenvalue weighted by Gasteiger charge is -2.37. The van der Waals surface area contributed by atoms with Crippen LogP contribution in [0.4, 0.5) is 17.2 Å². The zero-order valence-electron chi connectivity index (χ0n) is 22.1. The standard InChI is InChI=1S/C28H33N5O4S/c1-29-25(19-26(34)30(2)28(29)36)32-16-14-31(15-17-32)12-6-7-13-33-21-8-4-5-9-23(21)38-24-11-10-20(18-22(24)33)27(35)37-3/h4-5,8-11,18-19H,6-7,12-17H2,1-3H3. The summed E-state index contributed by atoms with van der Waals surface area (Å²) in [6.07, 6.45) is 2.05. The molecule has 0 bridgehead atoms. The molecule has 9 nitrogen and oxygen atoms in total. The molecule has 0 amide bonds. The number of fused-ring (bicyclic) bond motifs is 2. The number of aromatic nitrogens is 2. The third-order valence-electron chi connectivity index (χ3n) is 7.35. The predicted octanol–water partition coefficient (Wildman–Crippen LogP) is 3.08. The van der Waals surface area contributed by atoms with Crippen LogP contribution in [-0.4, -0.2) is 66.4 Å². The number of ether oxygens (including phenoxy) is 1. The molecule has 0 atom stereocenters. The number of para-hydroxylation sites is 1. The Morgan fingerprint density at radius 2 is 1.58 bits per heavy atom. The zero-order valence-corrected chi connectivity index (χ0v) is 22.9. The van der Waals surface area contributed by atoms with Gasteiger partial charge in [0.05, 0.1) is 24.0 Å². The largest absolute Gasteiger partial charge is 0.465 e. The number of esters is 1. The molecule has 1 fully saturated rings. The van der Waals surface area contributed by atoms with Crippen LogP contribution < -0.4 is 21.0 Å². The van der Waals surface area contributed by atoms with Crippen molar-refractivity contribution in [3.8, 4) is 0 Å². The van der Waals surface area contributed by atoms with Crippen LogP contribution >= 0.6 is 11.8 Å². The van der Waals surface area contributed by atoms with Crippen molar-refractivity contribution in [2.45, 2.75) is 22.6 Å². The maximum absolute atomic E-state index is 12.3. The Balaban J connectivity index is 1.20. The Hall–Kier alpha value is -3.50. The highest BCUT2D eigenvalue weighted by molar-refractivity contribution is 7.99. The second kappa shape index (κ2) is 11.1. The highest BCUT2D eigenvalue weighted by atomic mass is 32.2. The van der Waals surface area contributed by atoms with Gasteiger partial charge in [-0.05, 0) is 49.7 Å². The third-order valence-corrected chi connectivity index (χ3v) is 8.48. The minimum Gasteiger partial charge on any atom is -0.465 e. The van der Waals surface area contributed by atoms with E-state index in [1.165, 1.54) is 24.7 Å². The fourth-order valence-corrected chi connectivity index (χ4v) is 6.22. The molecule has 2 aromatic carbocycles. The second-order valence-electron chi connectivity index (χ2n) is 9.67. The summed E-state index contributed by atoms with van der Waals surface area (Å²) in [7, 11) is 4.63. The lowest BCUT2D eigenvalue weighted by molar-refractivity contribution is 0.0600. The summed E-state index contributed by atoms with van der Waals surface area (Å²) in [4.78, 5) is 45.9. The van der Waals surface area contributed by atoms with Gasteiger partial charge >= 0.3 is 11.7 Å². The van der Waals surface area contributed by atoms with Crippen molar-refractivity contribution in [3.05, 3.63) is 74.9 Å². The number of carbonyl (C=O) groups is 1. The minimum atomic E-state index is -0.327. The number of rotatable bonds is 7. The first kappa shape index (κ1) is 26.1. The van der Waals surface area contributed by atoms with Crippen LogP contribution in [0.3, 0.4) is 0 Å². The van der Waals surface area contributed by atoms with E-state index in [1.54, 1.807) is 29.4 Å². The van der Waals surface area contributed by atoms with Gasteiger partial charge in [0.2, 0.25) is 0 Å². The van der Waals surface area contributed by atoms with Crippen LogP contribution in [0, 0.1) is 0 Å². The monoisotopic (exact) mass is 535 g/mol. The SMILES string of the molecule is COC(=O)c1ccc2c(c1)N(CCCCN1CCN(c3cc(=O)n(C)c(=O)n3C)CC1)c1ccccc1S2. The number of piperazine rings is 1. The zero-order chi connectivity index (χ0) is 26.8. The first-order chi connectivity index (χ1) is 18.4. The molecule has 10 heteroatoms. The molecule has 0 N–H and O–H groups in total. The number of methoxy groups -OCH3 is 1. The molecule has 0 aliphatic carbocycles. The van der Waals surface area contributed by atoms with Gasteiger partial charge in [0.1, 0.15) is 5.82 Å². The number of anilines is 3. The Kier molecular flexibility index (Phi) is 7.62. The van der Waals surface area contributed by atoms with Crippen molar-refractivity contribution in [1.82, 2.24) is 14.0 Å². The van der Waals surface area contributed by atoms with E-state index in [9.17, 15) is 14.4 Å². The van der Waals surface area contributed by atoms with Gasteiger partial charge in [0.25, 0.3) is 5.56 Å². The van der Waals surface area contributed by atoms with E-state index in [2.05, 4.69) is 39.0 Å². The summed E-state index contributed by atoms with van der Waals surface area (Å²) >= 11 is 1.73. The van der Waals surface area contributed by atoms with Crippen molar-refractivity contribution >= 4 is 34.9 Å². The molecule has 38 heavy (non-hydrogen) atoms. The lowest BCUT2D eigenvalue weighted by Crippen LogP contribution is -2.49. The molecule has 0 spiro atoms. The molecule has 0 radical (unpaired) electrons. The summed E-state index contributed by atoms with van der Waals surface area (Å²) < 4.78 is 7.63. The van der Waals surface area contributed by atoms with E-state index < -0.39 is 0 Å². The quantitative estimate of drug-likeness (QED) is 0.337. The molecule has 1 saturated heterocycles. The van der Waals surface area contributed by atoms with Gasteiger partial charge in [-0.25, -0.2) is 9.59 Å². The van der Waals surface area contributed by atoms with Crippen LogP contribution in [0.2, 0.25) is 0 Å². The summed E-state index contributed by atoms with van der Waals surface area (Å²) in [5.74, 6) is 0.357. The lowest BCUT2D eigenvalue weighted by atomic mass is 10.1. The maximum Gasteiger partial charge on any atom is 0.337 e. The van der Waals surface area contributed by atoms with Gasteiger partial charge in [-0.2, -0.15) is 0 Å². The molecule has 3 aromatic rings. The van der Waals surface area contributed by atoms with Crippen molar-refractivity contribution < 1.29 is 9.53 Å². The van der Waals surface area contributed by atoms with Gasteiger partial charge in [0.15, 0.2) is 0 Å². The van der Waals surface area contributed by atoms with E-state index in [4.69, 9.17) is 4.74 Å². The van der Waals surface area contributed by atoms with E-state index in [0.717, 1.165) is 67.3 Å². The average Bonchev–Trinajstić information content (AvgIpc) is 2.95. The predicted molar refractivity (Wildman–Crippen MR) is 150 cm³/mol. The Morgan fingerprint density at radius 1 is 0.868 bits per heavy atom. The summed E-state index contributed by atoms with van der Waals surface area (Å²) in [6.45, 7) is 5.17. The Morgan fingerprint density at radius 3 is 2.34 bits per heavy atom. The molecule has 2 aliphatic rings. The number of carbonyl (C=O) groups excluding carboxylic acids is 1. The highest BCUT2D eigenvalue weighted by Gasteiger charge is 2.25. The van der Waals surface area contributed by atoms with Crippen LogP contribution in [0.1, 0.15) is 23.2 Å². The number of benzene rings is 2. The number of hydrogen-bond donors (Lipinski definition) is 0. The van der Waals surface area contributed by atoms with Crippen LogP contribution in [0.25, 0.3) is 0 Å². The minimum absolute atomic E-state index is 0.275. The first-order valence-corrected chi connectivity index (χ1v) is 13.7. The van der Waals surface area contributed by atoms with Crippen LogP contribution in [0.5, 0.6) is 0 Å². The van der Waals surface area contributed by atoms with Crippen molar-refractivity contribution in [1.29, 1.82) is 0 Å². The van der Waals surface area contributed by atoms with Gasteiger partial charge in [-0.1, -0.05) is 23.9 Å². The third kappa shape index (κ3) is 5.10. The van der Waals surface area contributed by atoms with Gasteiger partial charge in [-0.3, -0.25) is 18.8 Å². The fraction of sp³-hybridized carbons (Fsp3) is 0.393. The fourth-order valence-electron chi connectivity index (χ4n) is 5.15. The van der Waals surface area contributed by atoms with E-state index in [1.807, 2.05) is 18.2 Å². The highest BCUT2D eigenvalue weighted by Crippen LogP contribution is 2.48. The molecule has 0 saturated carbocycles. The Bertz CT molecular complexity index is 1460. The number of hydrogen-bond acceptors (Lipinski definition) is 8. The first-order valence-electron chi connectivity index (χ1n) is 12.9. The molecule has 200 valence electrons. The summed E-state index contributed by atoms with van der Waals surface area (Å²) in [5, 5.41) is 0. The topological polar surface area (TPSA) is 80.0 Å². The van der Waals surface area contributed by atoms with Crippen molar-refractivity contribution in [2.24, 2.45) is 14.1 Å².